The molecule has 2 aromatic rings. The molecule has 0 saturated carbocycles. The molecular formula is C14H17NSi. The predicted octanol–water partition coefficient (Wildman–Crippen LogP) is 3.41. The third-order valence-electron chi connectivity index (χ3n) is 2.47. The topological polar surface area (TPSA) is 4.93 Å². The molecule has 0 amide bonds. The number of benzene rings is 1. The van der Waals surface area contributed by atoms with E-state index in [4.69, 9.17) is 0 Å². The number of hydrogen-bond donors (Lipinski definition) is 0. The molecule has 0 atom stereocenters. The lowest BCUT2D eigenvalue weighted by atomic mass is 10.2. The molecule has 0 aliphatic rings. The fourth-order valence-electron chi connectivity index (χ4n) is 1.62. The summed E-state index contributed by atoms with van der Waals surface area (Å²) in [5.74, 6) is 3.29. The molecule has 0 fully saturated rings. The quantitative estimate of drug-likeness (QED) is 0.480. The number of aryl methyl sites for hydroxylation is 1. The number of nitrogens with zero attached hydrogens (tertiary/aromatic N) is 1. The van der Waals surface area contributed by atoms with Crippen LogP contribution >= 0.6 is 0 Å². The number of hydrogen-bond acceptors (Lipinski definition) is 0. The SMILES string of the molecule is Cn1ccc2cc(C#C[Si](C)(C)C)ccc21. The Bertz CT molecular complexity index is 576. The van der Waals surface area contributed by atoms with Gasteiger partial charge in [-0.2, -0.15) is 0 Å². The van der Waals surface area contributed by atoms with Gasteiger partial charge in [0.05, 0.1) is 0 Å². The van der Waals surface area contributed by atoms with Crippen LogP contribution in [0.2, 0.25) is 19.6 Å². The highest BCUT2D eigenvalue weighted by molar-refractivity contribution is 6.83. The van der Waals surface area contributed by atoms with E-state index in [0.29, 0.717) is 0 Å². The van der Waals surface area contributed by atoms with Crippen LogP contribution in [-0.2, 0) is 7.05 Å². The molecule has 82 valence electrons. The van der Waals surface area contributed by atoms with Gasteiger partial charge in [0.15, 0.2) is 0 Å². The molecule has 0 bridgehead atoms. The average Bonchev–Trinajstić information content (AvgIpc) is 2.56. The first-order valence-electron chi connectivity index (χ1n) is 5.54. The van der Waals surface area contributed by atoms with Gasteiger partial charge in [0.2, 0.25) is 0 Å². The highest BCUT2D eigenvalue weighted by Gasteiger charge is 2.07. The van der Waals surface area contributed by atoms with Gasteiger partial charge in [-0.1, -0.05) is 25.6 Å². The molecule has 0 spiro atoms. The summed E-state index contributed by atoms with van der Waals surface area (Å²) in [4.78, 5) is 0. The van der Waals surface area contributed by atoms with Gasteiger partial charge in [-0.3, -0.25) is 0 Å². The van der Waals surface area contributed by atoms with Crippen LogP contribution in [-0.4, -0.2) is 12.6 Å². The van der Waals surface area contributed by atoms with Crippen LogP contribution in [0.25, 0.3) is 10.9 Å². The molecule has 0 unspecified atom stereocenters. The zero-order chi connectivity index (χ0) is 11.8. The van der Waals surface area contributed by atoms with Gasteiger partial charge in [-0.25, -0.2) is 0 Å². The van der Waals surface area contributed by atoms with E-state index in [1.54, 1.807) is 0 Å². The summed E-state index contributed by atoms with van der Waals surface area (Å²) in [5, 5.41) is 1.27. The maximum Gasteiger partial charge on any atom is 0.129 e. The summed E-state index contributed by atoms with van der Waals surface area (Å²) in [6.07, 6.45) is 2.08. The number of rotatable bonds is 0. The van der Waals surface area contributed by atoms with Crippen molar-refractivity contribution in [1.29, 1.82) is 0 Å². The molecule has 2 heteroatoms. The number of aromatic nitrogens is 1. The van der Waals surface area contributed by atoms with Crippen LogP contribution in [0.5, 0.6) is 0 Å². The summed E-state index contributed by atoms with van der Waals surface area (Å²) >= 11 is 0. The lowest BCUT2D eigenvalue weighted by molar-refractivity contribution is 0.969. The minimum absolute atomic E-state index is 1.13. The molecule has 1 aromatic carbocycles. The maximum atomic E-state index is 3.39. The summed E-state index contributed by atoms with van der Waals surface area (Å²) in [6.45, 7) is 6.79. The van der Waals surface area contributed by atoms with Crippen molar-refractivity contribution in [3.05, 3.63) is 36.0 Å². The Morgan fingerprint density at radius 3 is 2.56 bits per heavy atom. The van der Waals surface area contributed by atoms with Crippen LogP contribution in [0.1, 0.15) is 5.56 Å². The molecule has 0 saturated heterocycles. The van der Waals surface area contributed by atoms with Crippen molar-refractivity contribution in [2.24, 2.45) is 7.05 Å². The van der Waals surface area contributed by atoms with Gasteiger partial charge in [0.1, 0.15) is 8.07 Å². The van der Waals surface area contributed by atoms with Crippen LogP contribution in [0, 0.1) is 11.5 Å². The lowest BCUT2D eigenvalue weighted by Gasteiger charge is -2.03. The molecule has 0 N–H and O–H groups in total. The van der Waals surface area contributed by atoms with E-state index in [1.165, 1.54) is 10.9 Å². The van der Waals surface area contributed by atoms with E-state index >= 15 is 0 Å². The Labute approximate surface area is 98.1 Å². The van der Waals surface area contributed by atoms with Gasteiger partial charge in [-0.15, -0.1) is 5.54 Å². The molecule has 16 heavy (non-hydrogen) atoms. The molecule has 0 aliphatic heterocycles. The van der Waals surface area contributed by atoms with E-state index in [0.717, 1.165) is 5.56 Å². The van der Waals surface area contributed by atoms with Crippen LogP contribution in [0.3, 0.4) is 0 Å². The largest absolute Gasteiger partial charge is 0.351 e. The van der Waals surface area contributed by atoms with Crippen LogP contribution in [0.4, 0.5) is 0 Å². The minimum Gasteiger partial charge on any atom is -0.351 e. The summed E-state index contributed by atoms with van der Waals surface area (Å²) in [5.41, 5.74) is 5.78. The molecule has 1 heterocycles. The first kappa shape index (κ1) is 11.0. The van der Waals surface area contributed by atoms with Gasteiger partial charge in [-0.05, 0) is 24.3 Å². The zero-order valence-electron chi connectivity index (χ0n) is 10.3. The monoisotopic (exact) mass is 227 g/mol. The highest BCUT2D eigenvalue weighted by Crippen LogP contribution is 2.16. The molecule has 0 radical (unpaired) electrons. The first-order valence-corrected chi connectivity index (χ1v) is 9.04. The molecule has 2 rings (SSSR count). The average molecular weight is 227 g/mol. The normalized spacial score (nSPS) is 11.2. The second kappa shape index (κ2) is 3.84. The van der Waals surface area contributed by atoms with Crippen LogP contribution < -0.4 is 0 Å². The van der Waals surface area contributed by atoms with Gasteiger partial charge in [0.25, 0.3) is 0 Å². The van der Waals surface area contributed by atoms with Crippen molar-refractivity contribution in [2.75, 3.05) is 0 Å². The van der Waals surface area contributed by atoms with Crippen molar-refractivity contribution in [3.8, 4) is 11.5 Å². The molecule has 0 aliphatic carbocycles. The predicted molar refractivity (Wildman–Crippen MR) is 73.1 cm³/mol. The van der Waals surface area contributed by atoms with E-state index in [1.807, 2.05) is 0 Å². The molecular weight excluding hydrogens is 210 g/mol. The summed E-state index contributed by atoms with van der Waals surface area (Å²) in [6, 6.07) is 8.55. The van der Waals surface area contributed by atoms with Gasteiger partial charge in [0, 0.05) is 29.7 Å². The fraction of sp³-hybridized carbons (Fsp3) is 0.286. The van der Waals surface area contributed by atoms with Crippen LogP contribution in [0.15, 0.2) is 30.5 Å². The fourth-order valence-corrected chi connectivity index (χ4v) is 2.14. The standard InChI is InChI=1S/C14H17NSi/c1-15-9-7-13-11-12(5-6-14(13)15)8-10-16(2,3)4/h5-7,9,11H,1-4H3. The van der Waals surface area contributed by atoms with Crippen molar-refractivity contribution >= 4 is 19.0 Å². The third-order valence-corrected chi connectivity index (χ3v) is 3.34. The highest BCUT2D eigenvalue weighted by atomic mass is 28.3. The van der Waals surface area contributed by atoms with Crippen molar-refractivity contribution < 1.29 is 0 Å². The van der Waals surface area contributed by atoms with Crippen molar-refractivity contribution in [1.82, 2.24) is 4.57 Å². The van der Waals surface area contributed by atoms with E-state index in [2.05, 4.69) is 73.2 Å². The molecule has 1 nitrogen and oxygen atoms in total. The first-order chi connectivity index (χ1) is 7.46. The number of fused-ring (bicyclic) bond motifs is 1. The Balaban J connectivity index is 2.43. The second-order valence-corrected chi connectivity index (χ2v) is 9.95. The molecule has 1 aromatic heterocycles. The maximum absolute atomic E-state index is 3.39. The van der Waals surface area contributed by atoms with E-state index in [9.17, 15) is 0 Å². The Hall–Kier alpha value is -1.46. The lowest BCUT2D eigenvalue weighted by Crippen LogP contribution is -2.16. The summed E-state index contributed by atoms with van der Waals surface area (Å²) in [7, 11) is 0.797. The third kappa shape index (κ3) is 2.37. The van der Waals surface area contributed by atoms with E-state index < -0.39 is 8.07 Å². The minimum atomic E-state index is -1.27. The smallest absolute Gasteiger partial charge is 0.129 e. The van der Waals surface area contributed by atoms with Crippen molar-refractivity contribution in [2.45, 2.75) is 19.6 Å². The Morgan fingerprint density at radius 1 is 1.12 bits per heavy atom. The zero-order valence-corrected chi connectivity index (χ0v) is 11.3. The second-order valence-electron chi connectivity index (χ2n) is 5.20. The van der Waals surface area contributed by atoms with Gasteiger partial charge < -0.3 is 4.57 Å². The van der Waals surface area contributed by atoms with Gasteiger partial charge >= 0.3 is 0 Å². The summed E-state index contributed by atoms with van der Waals surface area (Å²) < 4.78 is 2.13. The Kier molecular flexibility index (Phi) is 2.65. The van der Waals surface area contributed by atoms with Crippen molar-refractivity contribution in [3.63, 3.8) is 0 Å². The van der Waals surface area contributed by atoms with E-state index in [-0.39, 0.29) is 0 Å². The Morgan fingerprint density at radius 2 is 1.88 bits per heavy atom.